The van der Waals surface area contributed by atoms with Crippen LogP contribution in [0, 0.1) is 27.6 Å². The Balaban J connectivity index is -0.000000387. The highest BCUT2D eigenvalue weighted by Crippen LogP contribution is 2.32. The van der Waals surface area contributed by atoms with E-state index in [1.807, 2.05) is 125 Å². The first-order valence-electron chi connectivity index (χ1n) is 23.0. The van der Waals surface area contributed by atoms with E-state index < -0.39 is 22.9 Å². The molecule has 2 N–H and O–H groups in total. The van der Waals surface area contributed by atoms with Gasteiger partial charge in [0.15, 0.2) is 0 Å². The van der Waals surface area contributed by atoms with E-state index in [2.05, 4.69) is 72.9 Å². The number of esters is 3. The molecular weight excluding hydrogens is 801 g/mol. The van der Waals surface area contributed by atoms with Gasteiger partial charge in [0.1, 0.15) is 28.0 Å². The van der Waals surface area contributed by atoms with Crippen molar-refractivity contribution in [1.82, 2.24) is 10.6 Å². The fraction of sp³-hybridized carbons (Fsp3) is 0.902. The molecule has 0 aliphatic heterocycles. The number of nitrogens with one attached hydrogen (secondary N) is 2. The predicted octanol–water partition coefficient (Wildman–Crippen LogP) is 13.6. The van der Waals surface area contributed by atoms with Crippen LogP contribution in [0.25, 0.3) is 0 Å². The van der Waals surface area contributed by atoms with E-state index in [9.17, 15) is 24.0 Å². The highest BCUT2D eigenvalue weighted by molar-refractivity contribution is 5.74. The molecule has 0 aromatic rings. The molecule has 0 fully saturated rings. The molecule has 0 aromatic heterocycles. The van der Waals surface area contributed by atoms with Gasteiger partial charge in [0.05, 0.1) is 12.3 Å². The number of rotatable bonds is 11. The van der Waals surface area contributed by atoms with E-state index in [-0.39, 0.29) is 62.8 Å². The molecule has 376 valence electrons. The largest absolute Gasteiger partial charge is 0.460 e. The highest BCUT2D eigenvalue weighted by atomic mass is 16.6. The number of unbranched alkanes of at least 4 members (excludes halogenated alkanes) is 1. The molecule has 2 amide bonds. The summed E-state index contributed by atoms with van der Waals surface area (Å²) in [5.41, 5.74) is -1.77. The minimum absolute atomic E-state index is 0.0162. The van der Waals surface area contributed by atoms with Crippen molar-refractivity contribution in [2.45, 2.75) is 260 Å². The second-order valence-electron chi connectivity index (χ2n) is 26.1. The average Bonchev–Trinajstić information content (AvgIpc) is 2.91. The van der Waals surface area contributed by atoms with Gasteiger partial charge in [-0.05, 0) is 151 Å². The van der Waals surface area contributed by atoms with Gasteiger partial charge >= 0.3 is 30.1 Å². The summed E-state index contributed by atoms with van der Waals surface area (Å²) in [4.78, 5) is 57.7. The van der Waals surface area contributed by atoms with Crippen molar-refractivity contribution in [3.63, 3.8) is 0 Å². The van der Waals surface area contributed by atoms with Gasteiger partial charge < -0.3 is 34.3 Å². The van der Waals surface area contributed by atoms with Gasteiger partial charge in [-0.1, -0.05) is 89.5 Å². The summed E-state index contributed by atoms with van der Waals surface area (Å²) in [7, 11) is 0. The van der Waals surface area contributed by atoms with Crippen LogP contribution >= 0.6 is 0 Å². The molecule has 0 bridgehead atoms. The number of amides is 2. The molecule has 0 saturated carbocycles. The lowest BCUT2D eigenvalue weighted by Gasteiger charge is -2.32. The first-order valence-corrected chi connectivity index (χ1v) is 23.0. The topological polar surface area (TPSA) is 156 Å². The van der Waals surface area contributed by atoms with Gasteiger partial charge in [0.25, 0.3) is 0 Å². The maximum absolute atomic E-state index is 12.4. The van der Waals surface area contributed by atoms with Gasteiger partial charge in [-0.15, -0.1) is 0 Å². The van der Waals surface area contributed by atoms with Crippen LogP contribution < -0.4 is 10.6 Å². The molecule has 0 heterocycles. The Kier molecular flexibility index (Phi) is 29.0. The van der Waals surface area contributed by atoms with Crippen LogP contribution in [0.5, 0.6) is 0 Å². The molecule has 0 saturated heterocycles. The monoisotopic (exact) mass is 903 g/mol. The number of carbonyl (C=O) groups is 5. The predicted molar refractivity (Wildman–Crippen MR) is 260 cm³/mol. The van der Waals surface area contributed by atoms with E-state index in [0.717, 1.165) is 32.1 Å². The van der Waals surface area contributed by atoms with E-state index in [1.54, 1.807) is 0 Å². The van der Waals surface area contributed by atoms with Gasteiger partial charge in [-0.3, -0.25) is 14.4 Å². The van der Waals surface area contributed by atoms with Crippen molar-refractivity contribution in [3.8, 4) is 0 Å². The minimum atomic E-state index is -0.488. The van der Waals surface area contributed by atoms with Crippen molar-refractivity contribution in [3.05, 3.63) is 0 Å². The molecule has 63 heavy (non-hydrogen) atoms. The molecule has 1 unspecified atom stereocenters. The quantitative estimate of drug-likeness (QED) is 0.116. The Bertz CT molecular complexity index is 1310. The Hall–Kier alpha value is -3.05. The van der Waals surface area contributed by atoms with Crippen LogP contribution in [0.1, 0.15) is 232 Å². The summed E-state index contributed by atoms with van der Waals surface area (Å²) < 4.78 is 26.2. The Labute approximate surface area is 387 Å². The SMILES string of the molecule is CC(C)(C)CC(=O)OC(C)(C)C.CC(C)(C)CCC(=O)OC(C)(C)C.CC(C)(C)CCNC(=O)OC(C)(C)C.CC(C)(C)OC(=O)NCCCCC(C(=O)OC(C)(C)C)C(C)(C)C. The summed E-state index contributed by atoms with van der Waals surface area (Å²) >= 11 is 0. The Morgan fingerprint density at radius 2 is 0.746 bits per heavy atom. The molecule has 0 aliphatic carbocycles. The third-order valence-corrected chi connectivity index (χ3v) is 7.46. The van der Waals surface area contributed by atoms with Crippen molar-refractivity contribution in [1.29, 1.82) is 0 Å². The fourth-order valence-corrected chi connectivity index (χ4v) is 4.79. The smallest absolute Gasteiger partial charge is 0.407 e. The first-order chi connectivity index (χ1) is 27.4. The zero-order valence-corrected chi connectivity index (χ0v) is 46.0. The molecule has 0 aliphatic rings. The van der Waals surface area contributed by atoms with Gasteiger partial charge in [0, 0.05) is 19.5 Å². The lowest BCUT2D eigenvalue weighted by molar-refractivity contribution is -0.164. The summed E-state index contributed by atoms with van der Waals surface area (Å²) in [5.74, 6) is -0.509. The summed E-state index contributed by atoms with van der Waals surface area (Å²) in [6, 6.07) is 0. The maximum Gasteiger partial charge on any atom is 0.407 e. The molecule has 0 rings (SSSR count). The number of ether oxygens (including phenoxy) is 5. The Morgan fingerprint density at radius 3 is 1.06 bits per heavy atom. The standard InChI is InChI=1S/C19H37NO4.C11H23NO2.C11H22O2.C10H20O2/c1-17(2,3)14(15(21)23-18(4,5)6)12-10-11-13-20-16(22)24-19(7,8)9;1-10(2,3)7-8-12-9(13)14-11(4,5)6;1-10(2,3)8-7-9(12)13-11(4,5)6;1-9(2,3)7-8(11)12-10(4,5)6/h14H,10-13H2,1-9H3,(H,20,22);7-8H2,1-6H3,(H,12,13);7-8H2,1-6H3;7H2,1-6H3. The van der Waals surface area contributed by atoms with Crippen LogP contribution in [-0.2, 0) is 38.1 Å². The van der Waals surface area contributed by atoms with Crippen molar-refractivity contribution >= 4 is 30.1 Å². The molecule has 12 heteroatoms. The molecule has 0 aromatic carbocycles. The summed E-state index contributed by atoms with van der Waals surface area (Å²) in [6.07, 6.45) is 4.47. The van der Waals surface area contributed by atoms with Gasteiger partial charge in [0.2, 0.25) is 0 Å². The molecule has 0 spiro atoms. The van der Waals surface area contributed by atoms with Crippen LogP contribution in [0.15, 0.2) is 0 Å². The Morgan fingerprint density at radius 1 is 0.397 bits per heavy atom. The van der Waals surface area contributed by atoms with Crippen LogP contribution in [0.4, 0.5) is 9.59 Å². The highest BCUT2D eigenvalue weighted by Gasteiger charge is 2.34. The summed E-state index contributed by atoms with van der Waals surface area (Å²) in [5, 5.41) is 5.48. The second-order valence-corrected chi connectivity index (χ2v) is 26.1. The van der Waals surface area contributed by atoms with E-state index in [0.29, 0.717) is 25.9 Å². The number of alkyl carbamates (subject to hydrolysis) is 2. The van der Waals surface area contributed by atoms with E-state index in [1.165, 1.54) is 0 Å². The van der Waals surface area contributed by atoms with Gasteiger partial charge in [-0.2, -0.15) is 0 Å². The normalized spacial score (nSPS) is 13.2. The third-order valence-electron chi connectivity index (χ3n) is 7.46. The van der Waals surface area contributed by atoms with Crippen molar-refractivity contribution < 1.29 is 47.7 Å². The average molecular weight is 903 g/mol. The number of hydrogen-bond donors (Lipinski definition) is 2. The fourth-order valence-electron chi connectivity index (χ4n) is 4.79. The van der Waals surface area contributed by atoms with Crippen molar-refractivity contribution in [2.75, 3.05) is 13.1 Å². The second kappa shape index (κ2) is 27.4. The molecule has 0 radical (unpaired) electrons. The zero-order valence-electron chi connectivity index (χ0n) is 46.0. The maximum atomic E-state index is 12.4. The lowest BCUT2D eigenvalue weighted by atomic mass is 9.78. The van der Waals surface area contributed by atoms with Crippen LogP contribution in [-0.4, -0.2) is 71.2 Å². The first kappa shape index (κ1) is 66.6. The zero-order chi connectivity index (χ0) is 51.3. The molecule has 12 nitrogen and oxygen atoms in total. The third kappa shape index (κ3) is 56.9. The van der Waals surface area contributed by atoms with Crippen LogP contribution in [0.3, 0.4) is 0 Å². The van der Waals surface area contributed by atoms with Crippen molar-refractivity contribution in [2.24, 2.45) is 27.6 Å². The van der Waals surface area contributed by atoms with E-state index >= 15 is 0 Å². The van der Waals surface area contributed by atoms with Gasteiger partial charge in [-0.25, -0.2) is 9.59 Å². The van der Waals surface area contributed by atoms with E-state index in [4.69, 9.17) is 23.7 Å². The van der Waals surface area contributed by atoms with Crippen LogP contribution in [0.2, 0.25) is 0 Å². The number of carbonyl (C=O) groups excluding carboxylic acids is 5. The summed E-state index contributed by atoms with van der Waals surface area (Å²) in [6.45, 7) is 54.3. The molecular formula is C51H102N2O10. The lowest BCUT2D eigenvalue weighted by Crippen LogP contribution is -2.35. The minimum Gasteiger partial charge on any atom is -0.460 e. The number of hydrogen-bond acceptors (Lipinski definition) is 10. The molecule has 1 atom stereocenters.